The highest BCUT2D eigenvalue weighted by molar-refractivity contribution is 5.96. The van der Waals surface area contributed by atoms with Crippen molar-refractivity contribution < 1.29 is 23.8 Å². The quantitative estimate of drug-likeness (QED) is 0.220. The largest absolute Gasteiger partial charge is 0.493 e. The number of methoxy groups -OCH3 is 1. The van der Waals surface area contributed by atoms with Crippen LogP contribution < -0.4 is 19.5 Å². The van der Waals surface area contributed by atoms with Crippen LogP contribution in [0.1, 0.15) is 57.7 Å². The summed E-state index contributed by atoms with van der Waals surface area (Å²) >= 11 is 0. The van der Waals surface area contributed by atoms with Crippen LogP contribution in [-0.4, -0.2) is 49.1 Å². The lowest BCUT2D eigenvalue weighted by Gasteiger charge is -2.33. The number of amides is 2. The van der Waals surface area contributed by atoms with E-state index in [1.807, 2.05) is 39.0 Å². The van der Waals surface area contributed by atoms with Crippen molar-refractivity contribution in [2.75, 3.05) is 26.9 Å². The Morgan fingerprint density at radius 3 is 2.26 bits per heavy atom. The summed E-state index contributed by atoms with van der Waals surface area (Å²) in [6.45, 7) is 16.3. The van der Waals surface area contributed by atoms with Crippen LogP contribution >= 0.6 is 0 Å². The van der Waals surface area contributed by atoms with Gasteiger partial charge in [-0.1, -0.05) is 56.9 Å². The summed E-state index contributed by atoms with van der Waals surface area (Å²) in [6.07, 6.45) is 8.16. The van der Waals surface area contributed by atoms with Gasteiger partial charge in [-0.25, -0.2) is 0 Å². The van der Waals surface area contributed by atoms with Crippen LogP contribution in [0.5, 0.6) is 17.2 Å². The maximum Gasteiger partial charge on any atom is 0.247 e. The first-order valence-electron chi connectivity index (χ1n) is 13.2. The maximum atomic E-state index is 13.6. The van der Waals surface area contributed by atoms with Crippen molar-refractivity contribution in [2.45, 2.75) is 52.1 Å². The summed E-state index contributed by atoms with van der Waals surface area (Å²) in [6, 6.07) is 11.9. The summed E-state index contributed by atoms with van der Waals surface area (Å²) < 4.78 is 16.7. The Kier molecular flexibility index (Phi) is 12.3. The fourth-order valence-corrected chi connectivity index (χ4v) is 3.83. The zero-order chi connectivity index (χ0) is 28.8. The predicted octanol–water partition coefficient (Wildman–Crippen LogP) is 6.12. The van der Waals surface area contributed by atoms with Gasteiger partial charge in [0.15, 0.2) is 11.5 Å². The molecule has 0 aliphatic rings. The maximum absolute atomic E-state index is 13.6. The lowest BCUT2D eigenvalue weighted by Crippen LogP contribution is -2.49. The average molecular weight is 535 g/mol. The molecule has 7 heteroatoms. The Hall–Kier alpha value is -4.00. The summed E-state index contributed by atoms with van der Waals surface area (Å²) in [5, 5.41) is 3.05. The highest BCUT2D eigenvalue weighted by atomic mass is 16.5. The molecular formula is C32H42N2O5. The van der Waals surface area contributed by atoms with Gasteiger partial charge in [-0.15, -0.1) is 0 Å². The molecule has 0 aromatic heterocycles. The van der Waals surface area contributed by atoms with Gasteiger partial charge in [0.05, 0.1) is 7.11 Å². The molecule has 2 aromatic rings. The third-order valence-corrected chi connectivity index (χ3v) is 5.62. The first kappa shape index (κ1) is 31.2. The van der Waals surface area contributed by atoms with E-state index in [0.717, 1.165) is 18.4 Å². The van der Waals surface area contributed by atoms with Crippen molar-refractivity contribution in [3.63, 3.8) is 0 Å². The Morgan fingerprint density at radius 1 is 1.00 bits per heavy atom. The van der Waals surface area contributed by atoms with E-state index in [2.05, 4.69) is 25.4 Å². The second-order valence-corrected chi connectivity index (χ2v) is 10.0. The monoisotopic (exact) mass is 534 g/mol. The van der Waals surface area contributed by atoms with Gasteiger partial charge in [-0.2, -0.15) is 0 Å². The molecule has 0 bridgehead atoms. The molecule has 2 aromatic carbocycles. The molecule has 0 aliphatic heterocycles. The van der Waals surface area contributed by atoms with Gasteiger partial charge in [-0.05, 0) is 68.7 Å². The summed E-state index contributed by atoms with van der Waals surface area (Å²) in [7, 11) is 1.56. The van der Waals surface area contributed by atoms with Crippen LogP contribution in [0.25, 0.3) is 6.08 Å². The molecule has 0 saturated carbocycles. The number of unbranched alkanes of at least 4 members (excludes halogenated alkanes) is 1. The topological polar surface area (TPSA) is 77.1 Å². The van der Waals surface area contributed by atoms with E-state index in [9.17, 15) is 9.59 Å². The zero-order valence-electron chi connectivity index (χ0n) is 23.9. The number of hydrogen-bond donors (Lipinski definition) is 1. The number of nitrogens with one attached hydrogen (secondary N) is 1. The molecule has 39 heavy (non-hydrogen) atoms. The number of benzene rings is 2. The van der Waals surface area contributed by atoms with Gasteiger partial charge in [0.2, 0.25) is 11.8 Å². The molecule has 2 rings (SSSR count). The fourth-order valence-electron chi connectivity index (χ4n) is 3.83. The summed E-state index contributed by atoms with van der Waals surface area (Å²) in [5.74, 6) is 1.29. The van der Waals surface area contributed by atoms with Gasteiger partial charge in [0.25, 0.3) is 0 Å². The molecule has 0 heterocycles. The van der Waals surface area contributed by atoms with Crippen molar-refractivity contribution in [3.05, 3.63) is 85.0 Å². The molecule has 0 spiro atoms. The average Bonchev–Trinajstić information content (AvgIpc) is 2.91. The molecule has 1 atom stereocenters. The Labute approximate surface area is 233 Å². The first-order chi connectivity index (χ1) is 18.6. The summed E-state index contributed by atoms with van der Waals surface area (Å²) in [5.41, 5.74) is 0.996. The van der Waals surface area contributed by atoms with Gasteiger partial charge < -0.3 is 24.4 Å². The Morgan fingerprint density at radius 2 is 1.67 bits per heavy atom. The molecular weight excluding hydrogens is 492 g/mol. The van der Waals surface area contributed by atoms with Crippen molar-refractivity contribution in [3.8, 4) is 17.2 Å². The van der Waals surface area contributed by atoms with Gasteiger partial charge in [0, 0.05) is 18.2 Å². The predicted molar refractivity (Wildman–Crippen MR) is 157 cm³/mol. The number of rotatable bonds is 15. The highest BCUT2D eigenvalue weighted by Crippen LogP contribution is 2.29. The Balaban J connectivity index is 2.42. The van der Waals surface area contributed by atoms with E-state index in [4.69, 9.17) is 14.2 Å². The molecule has 2 amide bonds. The van der Waals surface area contributed by atoms with E-state index in [-0.39, 0.29) is 11.8 Å². The number of hydrogen-bond acceptors (Lipinski definition) is 5. The van der Waals surface area contributed by atoms with Crippen LogP contribution in [0.15, 0.2) is 73.9 Å². The van der Waals surface area contributed by atoms with E-state index < -0.39 is 11.6 Å². The first-order valence-corrected chi connectivity index (χ1v) is 13.2. The van der Waals surface area contributed by atoms with Crippen LogP contribution in [0.4, 0.5) is 0 Å². The number of nitrogens with zero attached hydrogens (tertiary/aromatic N) is 1. The smallest absolute Gasteiger partial charge is 0.247 e. The third-order valence-electron chi connectivity index (χ3n) is 5.62. The number of carbonyl (C=O) groups excluding carboxylic acids is 2. The molecule has 1 N–H and O–H groups in total. The van der Waals surface area contributed by atoms with E-state index in [0.29, 0.717) is 42.6 Å². The highest BCUT2D eigenvalue weighted by Gasteiger charge is 2.32. The molecule has 0 fully saturated rings. The Bertz CT molecular complexity index is 1130. The second kappa shape index (κ2) is 15.4. The minimum Gasteiger partial charge on any atom is -0.493 e. The molecule has 210 valence electrons. The van der Waals surface area contributed by atoms with Gasteiger partial charge in [0.1, 0.15) is 25.0 Å². The third kappa shape index (κ3) is 10.0. The van der Waals surface area contributed by atoms with Gasteiger partial charge >= 0.3 is 0 Å². The van der Waals surface area contributed by atoms with Crippen LogP contribution in [0, 0.1) is 0 Å². The van der Waals surface area contributed by atoms with Crippen molar-refractivity contribution in [1.29, 1.82) is 0 Å². The van der Waals surface area contributed by atoms with E-state index in [1.165, 1.54) is 6.08 Å². The zero-order valence-corrected chi connectivity index (χ0v) is 23.9. The standard InChI is InChI=1S/C32H42N2O5/c1-8-11-20-34(29(35)19-13-24-12-18-27(39-22-10-3)28(23-24)37-7)30(31(36)33-32(4,5)6)25-14-16-26(17-15-25)38-21-9-2/h9-10,12-19,23,30H,2-3,8,11,20-22H2,1,4-7H3,(H,33,36)/b19-13+/t30-/m0/s1. The minimum absolute atomic E-state index is 0.245. The second-order valence-electron chi connectivity index (χ2n) is 10.0. The van der Waals surface area contributed by atoms with Crippen LogP contribution in [0.3, 0.4) is 0 Å². The van der Waals surface area contributed by atoms with E-state index in [1.54, 1.807) is 54.5 Å². The summed E-state index contributed by atoms with van der Waals surface area (Å²) in [4.78, 5) is 28.9. The lowest BCUT2D eigenvalue weighted by atomic mass is 10.0. The molecule has 0 radical (unpaired) electrons. The van der Waals surface area contributed by atoms with Crippen molar-refractivity contribution in [2.24, 2.45) is 0 Å². The van der Waals surface area contributed by atoms with Crippen LogP contribution in [-0.2, 0) is 9.59 Å². The lowest BCUT2D eigenvalue weighted by molar-refractivity contribution is -0.138. The van der Waals surface area contributed by atoms with Gasteiger partial charge in [-0.3, -0.25) is 9.59 Å². The minimum atomic E-state index is -0.814. The molecule has 7 nitrogen and oxygen atoms in total. The van der Waals surface area contributed by atoms with Crippen LogP contribution in [0.2, 0.25) is 0 Å². The van der Waals surface area contributed by atoms with Crippen molar-refractivity contribution >= 4 is 17.9 Å². The SMILES string of the molecule is C=CCOc1ccc([C@@H](C(=O)NC(C)(C)C)N(CCCC)C(=O)/C=C/c2ccc(OCC=C)c(OC)c2)cc1. The number of ether oxygens (including phenoxy) is 3. The van der Waals surface area contributed by atoms with Crippen molar-refractivity contribution in [1.82, 2.24) is 10.2 Å². The molecule has 0 unspecified atom stereocenters. The van der Waals surface area contributed by atoms with E-state index >= 15 is 0 Å². The molecule has 0 aliphatic carbocycles. The fraction of sp³-hybridized carbons (Fsp3) is 0.375. The number of carbonyl (C=O) groups is 2. The molecule has 0 saturated heterocycles. The normalized spacial score (nSPS) is 11.9.